The fourth-order valence-corrected chi connectivity index (χ4v) is 0. The van der Waals surface area contributed by atoms with Gasteiger partial charge in [0.1, 0.15) is 0 Å². The zero-order valence-corrected chi connectivity index (χ0v) is 16.1. The standard InChI is InChI=1S/2Al.6FH.2Li.2Sr.6H/h;;6*1H;;;;;;;;;;/q2*+3;;;;;;;2*+1;2*+2;6*-1/p-6. The molecule has 0 saturated heterocycles. The van der Waals surface area contributed by atoms with Gasteiger partial charge in [0.2, 0.25) is 0 Å². The van der Waals surface area contributed by atoms with Crippen molar-refractivity contribution in [2.75, 3.05) is 0 Å². The summed E-state index contributed by atoms with van der Waals surface area (Å²) in [5, 5.41) is 0. The van der Waals surface area contributed by atoms with Crippen molar-refractivity contribution in [2.24, 2.45) is 0 Å². The van der Waals surface area contributed by atoms with Crippen molar-refractivity contribution in [3.8, 4) is 0 Å². The van der Waals surface area contributed by atoms with Crippen molar-refractivity contribution in [1.29, 1.82) is 0 Å². The monoisotopic (exact) mass is 364 g/mol. The second-order valence-corrected chi connectivity index (χ2v) is 1.48. The topological polar surface area (TPSA) is 0 Å². The molecule has 0 N–H and O–H groups in total. The van der Waals surface area contributed by atoms with Gasteiger partial charge in [-0.15, -0.1) is 0 Å². The normalized spacial score (nSPS) is 4.50. The predicted octanol–water partition coefficient (Wildman–Crippen LogP) is -4.32. The molecule has 12 heteroatoms. The van der Waals surface area contributed by atoms with E-state index in [1.54, 1.807) is 0 Å². The molecule has 0 unspecified atom stereocenters. The predicted molar refractivity (Wildman–Crippen MR) is 36.3 cm³/mol. The molecule has 0 saturated carbocycles. The first-order valence-corrected chi connectivity index (χ1v) is 3.93. The van der Waals surface area contributed by atoms with E-state index in [4.69, 9.17) is 0 Å². The van der Waals surface area contributed by atoms with Gasteiger partial charge in [-0.05, 0) is 0 Å². The Labute approximate surface area is 185 Å². The third-order valence-electron chi connectivity index (χ3n) is 0. The molecular formula is H6Al2F6Li2Sr2. The van der Waals surface area contributed by atoms with E-state index >= 15 is 0 Å². The Balaban J connectivity index is -0.00000000257. The van der Waals surface area contributed by atoms with Crippen LogP contribution in [0.4, 0.5) is 21.1 Å². The molecule has 0 aliphatic heterocycles. The maximum absolute atomic E-state index is 9.81. The molecule has 0 aliphatic carbocycles. The number of hydrogen-bond donors (Lipinski definition) is 0. The molecule has 0 radical (unpaired) electrons. The van der Waals surface area contributed by atoms with Gasteiger partial charge < -0.3 is 29.7 Å². The Morgan fingerprint density at radius 1 is 0.583 bits per heavy atom. The van der Waals surface area contributed by atoms with Crippen molar-refractivity contribution >= 4 is 122 Å². The van der Waals surface area contributed by atoms with E-state index in [-0.39, 0.29) is 137 Å². The Hall–Kier alpha value is 4.80. The van der Waals surface area contributed by atoms with Crippen LogP contribution in [0.5, 0.6) is 0 Å². The van der Waals surface area contributed by atoms with Crippen LogP contribution in [-0.2, 0) is 0 Å². The molecule has 0 rings (SSSR count). The Morgan fingerprint density at radius 3 is 0.583 bits per heavy atom. The molecule has 0 heterocycles. The molecule has 0 aromatic carbocycles. The van der Waals surface area contributed by atoms with E-state index in [0.717, 1.165) is 0 Å². The van der Waals surface area contributed by atoms with Crippen LogP contribution in [0.15, 0.2) is 0 Å². The molecular weight excluding hydrogens is 357 g/mol. The fraction of sp³-hybridized carbons (Fsp3) is 0. The smallest absolute Gasteiger partial charge is 1.00 e. The van der Waals surface area contributed by atoms with Gasteiger partial charge in [0.25, 0.3) is 0 Å². The molecule has 0 nitrogen and oxygen atoms in total. The summed E-state index contributed by atoms with van der Waals surface area (Å²) < 4.78 is 58.8. The van der Waals surface area contributed by atoms with E-state index in [9.17, 15) is 21.1 Å². The quantitative estimate of drug-likeness (QED) is 0.302. The molecule has 0 fully saturated rings. The van der Waals surface area contributed by atoms with E-state index in [1.807, 2.05) is 0 Å². The van der Waals surface area contributed by atoms with Crippen LogP contribution >= 0.6 is 0 Å². The molecule has 0 spiro atoms. The fourth-order valence-electron chi connectivity index (χ4n) is 0. The van der Waals surface area contributed by atoms with Gasteiger partial charge in [0.15, 0.2) is 0 Å². The summed E-state index contributed by atoms with van der Waals surface area (Å²) in [7, 11) is 0. The van der Waals surface area contributed by atoms with Crippen molar-refractivity contribution in [3.05, 3.63) is 0 Å². The van der Waals surface area contributed by atoms with Crippen LogP contribution < -0.4 is 37.7 Å². The van der Waals surface area contributed by atoms with Crippen molar-refractivity contribution in [1.82, 2.24) is 0 Å². The third kappa shape index (κ3) is 122. The first-order chi connectivity index (χ1) is 3.46. The minimum Gasteiger partial charge on any atom is -1.00 e. The van der Waals surface area contributed by atoms with E-state index in [1.165, 1.54) is 0 Å². The van der Waals surface area contributed by atoms with Gasteiger partial charge in [0.05, 0.1) is 0 Å². The number of rotatable bonds is 0. The maximum atomic E-state index is 9.81. The molecule has 0 aromatic heterocycles. The Bertz CT molecular complexity index is 53.5. The average Bonchev–Trinajstić information content (AvgIpc) is 1.25. The molecule has 0 bridgehead atoms. The second kappa shape index (κ2) is 29.7. The second-order valence-electron chi connectivity index (χ2n) is 0.495. The molecule has 12 heavy (non-hydrogen) atoms. The molecule has 60 valence electrons. The van der Waals surface area contributed by atoms with Crippen molar-refractivity contribution < 1.29 is 67.4 Å². The summed E-state index contributed by atoms with van der Waals surface area (Å²) >= 11 is -9.28. The number of hydrogen-bond acceptors (Lipinski definition) is 0. The average molecular weight is 363 g/mol. The van der Waals surface area contributed by atoms with Crippen molar-refractivity contribution in [3.63, 3.8) is 0 Å². The van der Waals surface area contributed by atoms with Crippen LogP contribution in [0, 0.1) is 0 Å². The summed E-state index contributed by atoms with van der Waals surface area (Å²) in [6, 6.07) is 0. The van der Waals surface area contributed by atoms with E-state index < -0.39 is 31.1 Å². The Morgan fingerprint density at radius 2 is 0.583 bits per heavy atom. The van der Waals surface area contributed by atoms with Crippen LogP contribution in [0.25, 0.3) is 0 Å². The summed E-state index contributed by atoms with van der Waals surface area (Å²) in [4.78, 5) is 0. The van der Waals surface area contributed by atoms with Crippen LogP contribution in [0.2, 0.25) is 0 Å². The van der Waals surface area contributed by atoms with Crippen LogP contribution in [0.1, 0.15) is 8.56 Å². The van der Waals surface area contributed by atoms with Crippen LogP contribution in [-0.4, -0.2) is 122 Å². The van der Waals surface area contributed by atoms with Gasteiger partial charge in [-0.1, -0.05) is 0 Å². The molecule has 0 aromatic rings. The summed E-state index contributed by atoms with van der Waals surface area (Å²) in [5.74, 6) is 0. The van der Waals surface area contributed by atoms with Gasteiger partial charge in [-0.2, -0.15) is 0 Å². The van der Waals surface area contributed by atoms with E-state index in [0.29, 0.717) is 0 Å². The molecule has 0 amide bonds. The summed E-state index contributed by atoms with van der Waals surface area (Å²) in [6.45, 7) is 0. The Kier molecular flexibility index (Phi) is 88.9. The molecule has 0 aliphatic rings. The van der Waals surface area contributed by atoms with Crippen molar-refractivity contribution in [2.45, 2.75) is 0 Å². The third-order valence-corrected chi connectivity index (χ3v) is 0. The van der Waals surface area contributed by atoms with Gasteiger partial charge in [0, 0.05) is 0 Å². The summed E-state index contributed by atoms with van der Waals surface area (Å²) in [6.07, 6.45) is 0. The van der Waals surface area contributed by atoms with Crippen LogP contribution in [0.3, 0.4) is 0 Å². The maximum Gasteiger partial charge on any atom is 2.00 e. The summed E-state index contributed by atoms with van der Waals surface area (Å²) in [5.41, 5.74) is 0. The SMILES string of the molecule is [F][Al]([F])[F].[F][Al]([F])[F].[H-].[H-].[H-].[H-].[H-].[H-].[Li+].[Li+].[Sr+2].[Sr+2]. The zero-order valence-electron chi connectivity index (χ0n) is 12.8. The number of halogens is 6. The minimum atomic E-state index is -4.64. The zero-order chi connectivity index (χ0) is 7.15. The van der Waals surface area contributed by atoms with Gasteiger partial charge in [-0.3, -0.25) is 0 Å². The first kappa shape index (κ1) is 36.0. The van der Waals surface area contributed by atoms with Gasteiger partial charge >= 0.3 is 160 Å². The molecule has 0 atom stereocenters. The first-order valence-electron chi connectivity index (χ1n) is 1.31. The largest absolute Gasteiger partial charge is 2.00 e. The van der Waals surface area contributed by atoms with Gasteiger partial charge in [-0.25, -0.2) is 0 Å². The minimum absolute atomic E-state index is 0. The van der Waals surface area contributed by atoms with E-state index in [2.05, 4.69) is 0 Å².